The van der Waals surface area contributed by atoms with Crippen LogP contribution in [-0.2, 0) is 13.0 Å². The van der Waals surface area contributed by atoms with E-state index < -0.39 is 0 Å². The van der Waals surface area contributed by atoms with Crippen molar-refractivity contribution in [3.63, 3.8) is 0 Å². The maximum atomic E-state index is 13.3. The fourth-order valence-corrected chi connectivity index (χ4v) is 4.61. The summed E-state index contributed by atoms with van der Waals surface area (Å²) in [4.78, 5) is 19.8. The van der Waals surface area contributed by atoms with Gasteiger partial charge in [0.05, 0.1) is 5.52 Å². The van der Waals surface area contributed by atoms with E-state index in [0.29, 0.717) is 24.7 Å². The minimum atomic E-state index is -0.229. The first-order valence-corrected chi connectivity index (χ1v) is 11.1. The van der Waals surface area contributed by atoms with Crippen LogP contribution in [0, 0.1) is 18.7 Å². The molecule has 1 fully saturated rings. The lowest BCUT2D eigenvalue weighted by molar-refractivity contribution is 0.0667. The van der Waals surface area contributed by atoms with Crippen LogP contribution < -0.4 is 0 Å². The number of piperidine rings is 1. The monoisotopic (exact) mass is 431 g/mol. The van der Waals surface area contributed by atoms with Gasteiger partial charge in [-0.1, -0.05) is 30.3 Å². The molecule has 2 aromatic heterocycles. The van der Waals surface area contributed by atoms with Crippen molar-refractivity contribution in [1.29, 1.82) is 0 Å². The summed E-state index contributed by atoms with van der Waals surface area (Å²) in [5.74, 6) is 1.11. The molecule has 6 nitrogen and oxygen atoms in total. The zero-order valence-electron chi connectivity index (χ0n) is 18.1. The number of aromatic nitrogens is 4. The third-order valence-electron chi connectivity index (χ3n) is 6.34. The van der Waals surface area contributed by atoms with Crippen molar-refractivity contribution in [1.82, 2.24) is 24.6 Å². The number of nitrogens with zero attached hydrogens (tertiary/aromatic N) is 4. The Kier molecular flexibility index (Phi) is 5.47. The summed E-state index contributed by atoms with van der Waals surface area (Å²) in [6.07, 6.45) is 4.73. The number of carbonyl (C=O) groups excluding carboxylic acids is 1. The molecule has 5 rings (SSSR count). The summed E-state index contributed by atoms with van der Waals surface area (Å²) in [5, 5.41) is 8.12. The van der Waals surface area contributed by atoms with Crippen LogP contribution in [0.4, 0.5) is 4.39 Å². The van der Waals surface area contributed by atoms with Gasteiger partial charge in [-0.25, -0.2) is 9.37 Å². The maximum Gasteiger partial charge on any atom is 0.275 e. The molecule has 1 N–H and O–H groups in total. The Morgan fingerprint density at radius 1 is 1.19 bits per heavy atom. The highest BCUT2D eigenvalue weighted by Gasteiger charge is 2.28. The minimum Gasteiger partial charge on any atom is -0.337 e. The summed E-state index contributed by atoms with van der Waals surface area (Å²) in [7, 11) is 0. The molecular formula is C25H26FN5O. The van der Waals surface area contributed by atoms with Gasteiger partial charge in [-0.05, 0) is 49.4 Å². The number of nitrogens with one attached hydrogen (secondary N) is 1. The summed E-state index contributed by atoms with van der Waals surface area (Å²) in [5.41, 5.74) is 3.49. The minimum absolute atomic E-state index is 0.0158. The topological polar surface area (TPSA) is 66.8 Å². The third-order valence-corrected chi connectivity index (χ3v) is 6.34. The Balaban J connectivity index is 1.30. The van der Waals surface area contributed by atoms with Crippen LogP contribution in [0.1, 0.15) is 40.4 Å². The van der Waals surface area contributed by atoms with E-state index in [-0.39, 0.29) is 11.7 Å². The van der Waals surface area contributed by atoms with Crippen molar-refractivity contribution in [2.24, 2.45) is 5.92 Å². The molecule has 7 heteroatoms. The van der Waals surface area contributed by atoms with Gasteiger partial charge in [-0.15, -0.1) is 0 Å². The Labute approximate surface area is 186 Å². The number of hydrogen-bond acceptors (Lipinski definition) is 3. The molecule has 3 heterocycles. The van der Waals surface area contributed by atoms with Gasteiger partial charge >= 0.3 is 0 Å². The number of fused-ring (bicyclic) bond motifs is 1. The highest BCUT2D eigenvalue weighted by atomic mass is 19.1. The SMILES string of the molecule is Cc1cnc(CC2CCCN(C(=O)c3n[nH]c4ccccc34)C2)n1Cc1ccc(F)cc1. The summed E-state index contributed by atoms with van der Waals surface area (Å²) < 4.78 is 15.5. The number of amides is 1. The molecule has 0 bridgehead atoms. The molecule has 1 aliphatic heterocycles. The molecule has 0 radical (unpaired) electrons. The summed E-state index contributed by atoms with van der Waals surface area (Å²) >= 11 is 0. The fraction of sp³-hybridized carbons (Fsp3) is 0.320. The highest BCUT2D eigenvalue weighted by molar-refractivity contribution is 6.04. The number of benzene rings is 2. The lowest BCUT2D eigenvalue weighted by Crippen LogP contribution is -2.41. The van der Waals surface area contributed by atoms with E-state index in [0.717, 1.165) is 53.8 Å². The van der Waals surface area contributed by atoms with E-state index in [1.807, 2.05) is 54.4 Å². The second-order valence-corrected chi connectivity index (χ2v) is 8.61. The Morgan fingerprint density at radius 2 is 2.00 bits per heavy atom. The number of aromatic amines is 1. The zero-order chi connectivity index (χ0) is 22.1. The van der Waals surface area contributed by atoms with Gasteiger partial charge in [0.2, 0.25) is 0 Å². The van der Waals surface area contributed by atoms with Gasteiger partial charge in [0.1, 0.15) is 11.6 Å². The van der Waals surface area contributed by atoms with Gasteiger partial charge < -0.3 is 9.47 Å². The Bertz CT molecular complexity index is 1240. The predicted molar refractivity (Wildman–Crippen MR) is 121 cm³/mol. The molecule has 1 amide bonds. The first-order chi connectivity index (χ1) is 15.6. The zero-order valence-corrected chi connectivity index (χ0v) is 18.1. The molecule has 1 unspecified atom stereocenters. The number of halogens is 1. The van der Waals surface area contributed by atoms with Crippen LogP contribution in [0.2, 0.25) is 0 Å². The van der Waals surface area contributed by atoms with Crippen LogP contribution in [-0.4, -0.2) is 43.6 Å². The first kappa shape index (κ1) is 20.4. The van der Waals surface area contributed by atoms with Crippen LogP contribution in [0.3, 0.4) is 0 Å². The van der Waals surface area contributed by atoms with Gasteiger partial charge in [0.25, 0.3) is 5.91 Å². The van der Waals surface area contributed by atoms with Crippen molar-refractivity contribution in [2.75, 3.05) is 13.1 Å². The largest absolute Gasteiger partial charge is 0.337 e. The number of rotatable bonds is 5. The van der Waals surface area contributed by atoms with Crippen LogP contribution in [0.25, 0.3) is 10.9 Å². The Morgan fingerprint density at radius 3 is 2.84 bits per heavy atom. The number of imidazole rings is 1. The molecule has 2 aromatic carbocycles. The smallest absolute Gasteiger partial charge is 0.275 e. The van der Waals surface area contributed by atoms with Gasteiger partial charge in [0, 0.05) is 43.3 Å². The van der Waals surface area contributed by atoms with E-state index in [2.05, 4.69) is 19.7 Å². The number of carbonyl (C=O) groups is 1. The third kappa shape index (κ3) is 4.02. The van der Waals surface area contributed by atoms with Crippen molar-refractivity contribution in [3.8, 4) is 0 Å². The van der Waals surface area contributed by atoms with Crippen molar-refractivity contribution >= 4 is 16.8 Å². The predicted octanol–water partition coefficient (Wildman–Crippen LogP) is 4.35. The van der Waals surface area contributed by atoms with E-state index in [9.17, 15) is 9.18 Å². The second kappa shape index (κ2) is 8.57. The number of aryl methyl sites for hydroxylation is 1. The molecule has 32 heavy (non-hydrogen) atoms. The quantitative estimate of drug-likeness (QED) is 0.511. The molecular weight excluding hydrogens is 405 g/mol. The molecule has 164 valence electrons. The van der Waals surface area contributed by atoms with E-state index >= 15 is 0 Å². The average Bonchev–Trinajstić information content (AvgIpc) is 3.39. The molecule has 1 saturated heterocycles. The molecule has 1 aliphatic rings. The molecule has 4 aromatic rings. The van der Waals surface area contributed by atoms with Gasteiger partial charge in [-0.2, -0.15) is 5.10 Å². The van der Waals surface area contributed by atoms with Crippen molar-refractivity contribution in [3.05, 3.63) is 83.3 Å². The molecule has 0 spiro atoms. The molecule has 0 aliphatic carbocycles. The standard InChI is InChI=1S/C25H26FN5O/c1-17-14-27-23(31(17)16-18-8-10-20(26)11-9-18)13-19-5-4-12-30(15-19)25(32)24-21-6-2-3-7-22(21)28-29-24/h2-3,6-11,14,19H,4-5,12-13,15-16H2,1H3,(H,28,29). The Hall–Kier alpha value is -3.48. The van der Waals surface area contributed by atoms with Crippen LogP contribution >= 0.6 is 0 Å². The van der Waals surface area contributed by atoms with E-state index in [1.165, 1.54) is 12.1 Å². The summed E-state index contributed by atoms with van der Waals surface area (Å²) in [6, 6.07) is 14.3. The summed E-state index contributed by atoms with van der Waals surface area (Å²) in [6.45, 7) is 4.15. The van der Waals surface area contributed by atoms with Crippen LogP contribution in [0.15, 0.2) is 54.7 Å². The van der Waals surface area contributed by atoms with Crippen LogP contribution in [0.5, 0.6) is 0 Å². The van der Waals surface area contributed by atoms with Gasteiger partial charge in [-0.3, -0.25) is 9.89 Å². The first-order valence-electron chi connectivity index (χ1n) is 11.1. The number of likely N-dealkylation sites (tertiary alicyclic amines) is 1. The lowest BCUT2D eigenvalue weighted by atomic mass is 9.94. The molecule has 0 saturated carbocycles. The normalized spacial score (nSPS) is 16.6. The number of hydrogen-bond donors (Lipinski definition) is 1. The fourth-order valence-electron chi connectivity index (χ4n) is 4.61. The van der Waals surface area contributed by atoms with E-state index in [4.69, 9.17) is 0 Å². The number of para-hydroxylation sites is 1. The molecule has 1 atom stereocenters. The maximum absolute atomic E-state index is 13.3. The van der Waals surface area contributed by atoms with E-state index in [1.54, 1.807) is 0 Å². The highest BCUT2D eigenvalue weighted by Crippen LogP contribution is 2.24. The van der Waals surface area contributed by atoms with Gasteiger partial charge in [0.15, 0.2) is 5.69 Å². The van der Waals surface area contributed by atoms with Crippen molar-refractivity contribution in [2.45, 2.75) is 32.7 Å². The number of H-pyrrole nitrogens is 1. The second-order valence-electron chi connectivity index (χ2n) is 8.61. The van der Waals surface area contributed by atoms with Crippen molar-refractivity contribution < 1.29 is 9.18 Å². The lowest BCUT2D eigenvalue weighted by Gasteiger charge is -2.32. The average molecular weight is 432 g/mol.